The first-order valence-electron chi connectivity index (χ1n) is 12.1. The summed E-state index contributed by atoms with van der Waals surface area (Å²) in [6.07, 6.45) is 5.60. The Labute approximate surface area is 194 Å². The zero-order valence-corrected chi connectivity index (χ0v) is 19.6. The summed E-state index contributed by atoms with van der Waals surface area (Å²) in [4.78, 5) is 18.1. The number of pyridine rings is 1. The molecule has 1 aliphatic carbocycles. The Morgan fingerprint density at radius 3 is 2.73 bits per heavy atom. The first-order chi connectivity index (χ1) is 16.0. The molecule has 3 aromatic rings. The van der Waals surface area contributed by atoms with E-state index >= 15 is 0 Å². The second-order valence-electron chi connectivity index (χ2n) is 9.95. The number of anilines is 2. The molecule has 0 saturated heterocycles. The number of fused-ring (bicyclic) bond motifs is 2. The van der Waals surface area contributed by atoms with E-state index in [-0.39, 0.29) is 17.5 Å². The highest BCUT2D eigenvalue weighted by Gasteiger charge is 2.30. The molecule has 0 bridgehead atoms. The fourth-order valence-electron chi connectivity index (χ4n) is 5.34. The molecule has 1 aliphatic heterocycles. The number of aromatic nitrogens is 3. The second kappa shape index (κ2) is 8.68. The van der Waals surface area contributed by atoms with Gasteiger partial charge in [-0.3, -0.25) is 14.4 Å². The number of nitrogens with one attached hydrogen (secondary N) is 2. The maximum absolute atomic E-state index is 12.8. The normalized spacial score (nSPS) is 21.8. The van der Waals surface area contributed by atoms with E-state index in [1.54, 1.807) is 6.20 Å². The average molecular weight is 445 g/mol. The molecule has 33 heavy (non-hydrogen) atoms. The van der Waals surface area contributed by atoms with Crippen molar-refractivity contribution in [2.45, 2.75) is 71.6 Å². The van der Waals surface area contributed by atoms with E-state index in [9.17, 15) is 10.1 Å². The quantitative estimate of drug-likeness (QED) is 0.573. The van der Waals surface area contributed by atoms with Gasteiger partial charge in [0.05, 0.1) is 23.5 Å². The van der Waals surface area contributed by atoms with Crippen LogP contribution in [0.4, 0.5) is 11.5 Å². The van der Waals surface area contributed by atoms with E-state index in [1.807, 2.05) is 10.7 Å². The van der Waals surface area contributed by atoms with Gasteiger partial charge in [0.15, 0.2) is 5.82 Å². The molecule has 2 aliphatic rings. The van der Waals surface area contributed by atoms with Gasteiger partial charge < -0.3 is 10.3 Å². The second-order valence-corrected chi connectivity index (χ2v) is 9.95. The van der Waals surface area contributed by atoms with E-state index in [0.717, 1.165) is 50.0 Å². The van der Waals surface area contributed by atoms with Gasteiger partial charge >= 0.3 is 0 Å². The Hall–Kier alpha value is -3.11. The van der Waals surface area contributed by atoms with Crippen LogP contribution in [0.25, 0.3) is 10.9 Å². The van der Waals surface area contributed by atoms with Crippen LogP contribution in [0.5, 0.6) is 0 Å². The van der Waals surface area contributed by atoms with E-state index in [4.69, 9.17) is 5.10 Å². The lowest BCUT2D eigenvalue weighted by atomic mass is 9.85. The fraction of sp³-hybridized carbons (Fsp3) is 0.500. The molecule has 2 aromatic heterocycles. The van der Waals surface area contributed by atoms with Crippen LogP contribution < -0.4 is 10.9 Å². The summed E-state index contributed by atoms with van der Waals surface area (Å²) in [6, 6.07) is 11.3. The van der Waals surface area contributed by atoms with Gasteiger partial charge in [-0.2, -0.15) is 10.4 Å². The third-order valence-corrected chi connectivity index (χ3v) is 7.60. The molecule has 0 unspecified atom stereocenters. The van der Waals surface area contributed by atoms with Crippen molar-refractivity contribution in [3.05, 3.63) is 51.9 Å². The summed E-state index contributed by atoms with van der Waals surface area (Å²) in [5.41, 5.74) is 4.24. The summed E-state index contributed by atoms with van der Waals surface area (Å²) in [5, 5.41) is 18.5. The van der Waals surface area contributed by atoms with E-state index in [1.165, 1.54) is 11.1 Å². The van der Waals surface area contributed by atoms with Gasteiger partial charge in [-0.25, -0.2) is 0 Å². The molecule has 0 radical (unpaired) electrons. The minimum atomic E-state index is -0.163. The number of hydrogen-bond donors (Lipinski definition) is 2. The number of H-pyrrole nitrogens is 1. The maximum atomic E-state index is 12.8. The van der Waals surface area contributed by atoms with Crippen molar-refractivity contribution in [2.24, 2.45) is 11.8 Å². The lowest BCUT2D eigenvalue weighted by Gasteiger charge is -2.27. The smallest absolute Gasteiger partial charge is 0.261 e. The first-order valence-corrected chi connectivity index (χ1v) is 12.1. The van der Waals surface area contributed by atoms with Crippen LogP contribution in [0.1, 0.15) is 63.6 Å². The predicted octanol–water partition coefficient (Wildman–Crippen LogP) is 5.08. The van der Waals surface area contributed by atoms with Crippen molar-refractivity contribution >= 4 is 22.4 Å². The zero-order valence-electron chi connectivity index (χ0n) is 19.6. The standard InChI is InChI=1S/C26H32N6O/c1-16(2)17(3)31-14-19-8-9-21(12-20(19)15-31)29-25-24-23(10-11-28-26(24)33)32(30-25)22-7-5-4-6-18(22)13-27/h8-12,16-18,22H,4-7,14-15H2,1-3H3,(H,28,33)(H,29,30)/t17-,18+,22-/m0/s1. The van der Waals surface area contributed by atoms with Gasteiger partial charge in [-0.05, 0) is 55.0 Å². The molecule has 5 rings (SSSR count). The van der Waals surface area contributed by atoms with Crippen LogP contribution in [0.2, 0.25) is 0 Å². The van der Waals surface area contributed by atoms with Gasteiger partial charge in [-0.15, -0.1) is 0 Å². The third-order valence-electron chi connectivity index (χ3n) is 7.60. The maximum Gasteiger partial charge on any atom is 0.261 e. The van der Waals surface area contributed by atoms with Gasteiger partial charge in [0, 0.05) is 31.0 Å². The van der Waals surface area contributed by atoms with Gasteiger partial charge in [0.25, 0.3) is 5.56 Å². The molecular weight excluding hydrogens is 412 g/mol. The fourth-order valence-corrected chi connectivity index (χ4v) is 5.34. The third kappa shape index (κ3) is 3.93. The molecule has 2 N–H and O–H groups in total. The number of hydrogen-bond acceptors (Lipinski definition) is 5. The van der Waals surface area contributed by atoms with Crippen molar-refractivity contribution in [3.8, 4) is 6.07 Å². The summed E-state index contributed by atoms with van der Waals surface area (Å²) in [5.74, 6) is 1.08. The van der Waals surface area contributed by atoms with E-state index < -0.39 is 0 Å². The Bertz CT molecular complexity index is 1270. The molecule has 3 atom stereocenters. The SMILES string of the molecule is CC(C)[C@H](C)N1Cc2ccc(Nc3nn([C@H]4CCCC[C@@H]4C#N)c4cc[nH]c(=O)c34)cc2C1. The van der Waals surface area contributed by atoms with Crippen molar-refractivity contribution in [2.75, 3.05) is 5.32 Å². The average Bonchev–Trinajstić information content (AvgIpc) is 3.40. The Balaban J connectivity index is 1.48. The minimum Gasteiger partial charge on any atom is -0.338 e. The van der Waals surface area contributed by atoms with Gasteiger partial charge in [-0.1, -0.05) is 32.8 Å². The van der Waals surface area contributed by atoms with Crippen LogP contribution in [0, 0.1) is 23.2 Å². The molecule has 1 saturated carbocycles. The van der Waals surface area contributed by atoms with Crippen LogP contribution >= 0.6 is 0 Å². The number of nitrogens with zero attached hydrogens (tertiary/aromatic N) is 4. The molecule has 7 heteroatoms. The summed E-state index contributed by atoms with van der Waals surface area (Å²) in [7, 11) is 0. The number of aromatic amines is 1. The molecule has 3 heterocycles. The van der Waals surface area contributed by atoms with E-state index in [0.29, 0.717) is 23.2 Å². The lowest BCUT2D eigenvalue weighted by Crippen LogP contribution is -2.32. The lowest BCUT2D eigenvalue weighted by molar-refractivity contribution is 0.170. The van der Waals surface area contributed by atoms with Crippen LogP contribution in [0.15, 0.2) is 35.3 Å². The monoisotopic (exact) mass is 444 g/mol. The van der Waals surface area contributed by atoms with Crippen molar-refractivity contribution < 1.29 is 0 Å². The molecule has 1 aromatic carbocycles. The van der Waals surface area contributed by atoms with E-state index in [2.05, 4.69) is 60.2 Å². The predicted molar refractivity (Wildman–Crippen MR) is 130 cm³/mol. The minimum absolute atomic E-state index is 0.00491. The molecule has 0 spiro atoms. The topological polar surface area (TPSA) is 89.7 Å². The molecule has 172 valence electrons. The van der Waals surface area contributed by atoms with Gasteiger partial charge in [0.1, 0.15) is 5.39 Å². The zero-order chi connectivity index (χ0) is 23.1. The Morgan fingerprint density at radius 1 is 1.15 bits per heavy atom. The largest absolute Gasteiger partial charge is 0.338 e. The first kappa shape index (κ1) is 21.7. The summed E-state index contributed by atoms with van der Waals surface area (Å²) < 4.78 is 1.92. The van der Waals surface area contributed by atoms with Crippen molar-refractivity contribution in [3.63, 3.8) is 0 Å². The Morgan fingerprint density at radius 2 is 1.94 bits per heavy atom. The highest BCUT2D eigenvalue weighted by molar-refractivity contribution is 5.91. The van der Waals surface area contributed by atoms with Crippen molar-refractivity contribution in [1.82, 2.24) is 19.7 Å². The van der Waals surface area contributed by atoms with Crippen LogP contribution in [-0.2, 0) is 13.1 Å². The van der Waals surface area contributed by atoms with Crippen LogP contribution in [-0.4, -0.2) is 25.7 Å². The number of nitriles is 1. The highest BCUT2D eigenvalue weighted by Crippen LogP contribution is 2.37. The number of rotatable bonds is 5. The highest BCUT2D eigenvalue weighted by atomic mass is 16.1. The molecule has 0 amide bonds. The van der Waals surface area contributed by atoms with Gasteiger partial charge in [0.2, 0.25) is 0 Å². The summed E-state index contributed by atoms with van der Waals surface area (Å²) in [6.45, 7) is 8.74. The Kier molecular flexibility index (Phi) is 5.71. The number of benzene rings is 1. The van der Waals surface area contributed by atoms with Crippen molar-refractivity contribution in [1.29, 1.82) is 5.26 Å². The molecular formula is C26H32N6O. The molecule has 1 fully saturated rings. The molecule has 7 nitrogen and oxygen atoms in total. The summed E-state index contributed by atoms with van der Waals surface area (Å²) >= 11 is 0. The van der Waals surface area contributed by atoms with Crippen LogP contribution in [0.3, 0.4) is 0 Å².